The van der Waals surface area contributed by atoms with Crippen LogP contribution in [0.25, 0.3) is 0 Å². The summed E-state index contributed by atoms with van der Waals surface area (Å²) in [6.45, 7) is 0.0740. The van der Waals surface area contributed by atoms with E-state index in [1.807, 2.05) is 30.3 Å². The van der Waals surface area contributed by atoms with Crippen LogP contribution in [0.15, 0.2) is 54.6 Å². The first-order valence-electron chi connectivity index (χ1n) is 7.18. The third kappa shape index (κ3) is 4.86. The van der Waals surface area contributed by atoms with Gasteiger partial charge in [-0.15, -0.1) is 0 Å². The van der Waals surface area contributed by atoms with E-state index in [0.29, 0.717) is 18.5 Å². The Hall–Kier alpha value is -2.40. The number of hydrogen-bond donors (Lipinski definition) is 3. The van der Waals surface area contributed by atoms with Gasteiger partial charge in [-0.05, 0) is 42.7 Å². The van der Waals surface area contributed by atoms with Crippen molar-refractivity contribution in [3.05, 3.63) is 66.0 Å². The van der Waals surface area contributed by atoms with Crippen molar-refractivity contribution in [1.82, 2.24) is 5.32 Å². The zero-order valence-electron chi connectivity index (χ0n) is 12.1. The lowest BCUT2D eigenvalue weighted by molar-refractivity contribution is 0.244. The predicted molar refractivity (Wildman–Crippen MR) is 84.1 cm³/mol. The largest absolute Gasteiger partial charge is 0.396 e. The van der Waals surface area contributed by atoms with E-state index in [-0.39, 0.29) is 24.5 Å². The summed E-state index contributed by atoms with van der Waals surface area (Å²) in [5, 5.41) is 14.5. The molecular weight excluding hydrogens is 283 g/mol. The summed E-state index contributed by atoms with van der Waals surface area (Å²) in [6, 6.07) is 14.6. The van der Waals surface area contributed by atoms with Crippen molar-refractivity contribution >= 4 is 11.7 Å². The monoisotopic (exact) mass is 302 g/mol. The van der Waals surface area contributed by atoms with Gasteiger partial charge in [0, 0.05) is 12.3 Å². The molecule has 2 amide bonds. The first kappa shape index (κ1) is 16.0. The molecule has 0 unspecified atom stereocenters. The Bertz CT molecular complexity index is 587. The first-order chi connectivity index (χ1) is 10.7. The minimum atomic E-state index is -0.363. The van der Waals surface area contributed by atoms with Crippen LogP contribution in [0.4, 0.5) is 14.9 Å². The van der Waals surface area contributed by atoms with Crippen molar-refractivity contribution < 1.29 is 14.3 Å². The fourth-order valence-corrected chi connectivity index (χ4v) is 2.16. The summed E-state index contributed by atoms with van der Waals surface area (Å²) < 4.78 is 12.8. The number of urea groups is 1. The van der Waals surface area contributed by atoms with Gasteiger partial charge in [-0.25, -0.2) is 9.18 Å². The van der Waals surface area contributed by atoms with Crippen LogP contribution < -0.4 is 10.6 Å². The zero-order valence-corrected chi connectivity index (χ0v) is 12.1. The van der Waals surface area contributed by atoms with Gasteiger partial charge in [-0.2, -0.15) is 0 Å². The number of amides is 2. The summed E-state index contributed by atoms with van der Waals surface area (Å²) in [5.74, 6) is -0.351. The standard InChI is InChI=1S/C17H19FN2O2/c18-14-8-10-15(11-9-14)19-17(22)20-16(7-4-12-21)13-5-2-1-3-6-13/h1-3,5-6,8-11,16,21H,4,7,12H2,(H2,19,20,22)/t16-/m0/s1. The van der Waals surface area contributed by atoms with Gasteiger partial charge in [0.15, 0.2) is 0 Å². The molecule has 2 aromatic rings. The van der Waals surface area contributed by atoms with Gasteiger partial charge in [0.05, 0.1) is 6.04 Å². The summed E-state index contributed by atoms with van der Waals surface area (Å²) >= 11 is 0. The third-order valence-corrected chi connectivity index (χ3v) is 3.26. The number of nitrogens with one attached hydrogen (secondary N) is 2. The van der Waals surface area contributed by atoms with Crippen molar-refractivity contribution in [2.45, 2.75) is 18.9 Å². The lowest BCUT2D eigenvalue weighted by Crippen LogP contribution is -2.32. The molecule has 4 nitrogen and oxygen atoms in total. The molecule has 2 aromatic carbocycles. The molecule has 2 rings (SSSR count). The Balaban J connectivity index is 2.00. The molecule has 0 saturated carbocycles. The fourth-order valence-electron chi connectivity index (χ4n) is 2.16. The summed E-state index contributed by atoms with van der Waals surface area (Å²) in [4.78, 5) is 12.1. The lowest BCUT2D eigenvalue weighted by Gasteiger charge is -2.19. The van der Waals surface area contributed by atoms with Crippen molar-refractivity contribution in [3.63, 3.8) is 0 Å². The maximum Gasteiger partial charge on any atom is 0.319 e. The highest BCUT2D eigenvalue weighted by Gasteiger charge is 2.14. The Kier molecular flexibility index (Phi) is 5.91. The number of halogens is 1. The summed E-state index contributed by atoms with van der Waals surface area (Å²) in [5.41, 5.74) is 1.50. The average Bonchev–Trinajstić information content (AvgIpc) is 2.54. The van der Waals surface area contributed by atoms with E-state index in [1.165, 1.54) is 24.3 Å². The van der Waals surface area contributed by atoms with Crippen LogP contribution in [0.2, 0.25) is 0 Å². The van der Waals surface area contributed by atoms with E-state index >= 15 is 0 Å². The SMILES string of the molecule is O=C(Nc1ccc(F)cc1)N[C@@H](CCCO)c1ccccc1. The normalized spacial score (nSPS) is 11.7. The molecule has 0 aliphatic rings. The van der Waals surface area contributed by atoms with Crippen molar-refractivity contribution in [1.29, 1.82) is 0 Å². The Labute approximate surface area is 129 Å². The number of anilines is 1. The van der Waals surface area contributed by atoms with E-state index in [1.54, 1.807) is 0 Å². The summed E-state index contributed by atoms with van der Waals surface area (Å²) in [7, 11) is 0. The maximum atomic E-state index is 12.8. The second-order valence-corrected chi connectivity index (χ2v) is 4.93. The number of carbonyl (C=O) groups is 1. The zero-order chi connectivity index (χ0) is 15.8. The molecule has 22 heavy (non-hydrogen) atoms. The number of carbonyl (C=O) groups excluding carboxylic acids is 1. The number of aliphatic hydroxyl groups excluding tert-OH is 1. The molecule has 0 saturated heterocycles. The smallest absolute Gasteiger partial charge is 0.319 e. The van der Waals surface area contributed by atoms with Gasteiger partial charge in [-0.1, -0.05) is 30.3 Å². The molecule has 0 fully saturated rings. The van der Waals surface area contributed by atoms with E-state index < -0.39 is 0 Å². The summed E-state index contributed by atoms with van der Waals surface area (Å²) in [6.07, 6.45) is 1.23. The number of hydrogen-bond acceptors (Lipinski definition) is 2. The van der Waals surface area contributed by atoms with Gasteiger partial charge in [0.2, 0.25) is 0 Å². The highest BCUT2D eigenvalue weighted by atomic mass is 19.1. The molecule has 0 bridgehead atoms. The van der Waals surface area contributed by atoms with Crippen LogP contribution in [0.1, 0.15) is 24.4 Å². The van der Waals surface area contributed by atoms with E-state index in [9.17, 15) is 9.18 Å². The molecule has 0 aliphatic heterocycles. The quantitative estimate of drug-likeness (QED) is 0.765. The van der Waals surface area contributed by atoms with Gasteiger partial charge in [-0.3, -0.25) is 0 Å². The first-order valence-corrected chi connectivity index (χ1v) is 7.18. The van der Waals surface area contributed by atoms with Gasteiger partial charge < -0.3 is 15.7 Å². The molecule has 0 heterocycles. The topological polar surface area (TPSA) is 61.4 Å². The van der Waals surface area contributed by atoms with E-state index in [4.69, 9.17) is 5.11 Å². The minimum Gasteiger partial charge on any atom is -0.396 e. The minimum absolute atomic E-state index is 0.0740. The van der Waals surface area contributed by atoms with Crippen molar-refractivity contribution in [2.24, 2.45) is 0 Å². The lowest BCUT2D eigenvalue weighted by atomic mass is 10.0. The van der Waals surface area contributed by atoms with Crippen LogP contribution in [0, 0.1) is 5.82 Å². The second-order valence-electron chi connectivity index (χ2n) is 4.93. The molecule has 0 spiro atoms. The average molecular weight is 302 g/mol. The molecule has 0 aromatic heterocycles. The Morgan fingerprint density at radius 1 is 1.09 bits per heavy atom. The molecular formula is C17H19FN2O2. The van der Waals surface area contributed by atoms with Crippen LogP contribution in [-0.2, 0) is 0 Å². The highest BCUT2D eigenvalue weighted by molar-refractivity contribution is 5.89. The number of rotatable bonds is 6. The van der Waals surface area contributed by atoms with Crippen LogP contribution in [0.5, 0.6) is 0 Å². The van der Waals surface area contributed by atoms with E-state index in [0.717, 1.165) is 5.56 Å². The Morgan fingerprint density at radius 3 is 2.41 bits per heavy atom. The highest BCUT2D eigenvalue weighted by Crippen LogP contribution is 2.18. The molecule has 1 atom stereocenters. The predicted octanol–water partition coefficient (Wildman–Crippen LogP) is 3.46. The number of benzene rings is 2. The molecule has 0 radical (unpaired) electrons. The van der Waals surface area contributed by atoms with Crippen molar-refractivity contribution in [2.75, 3.05) is 11.9 Å². The van der Waals surface area contributed by atoms with Crippen molar-refractivity contribution in [3.8, 4) is 0 Å². The maximum absolute atomic E-state index is 12.8. The molecule has 5 heteroatoms. The van der Waals surface area contributed by atoms with Crippen LogP contribution >= 0.6 is 0 Å². The fraction of sp³-hybridized carbons (Fsp3) is 0.235. The third-order valence-electron chi connectivity index (χ3n) is 3.26. The second kappa shape index (κ2) is 8.14. The van der Waals surface area contributed by atoms with Gasteiger partial charge in [0.1, 0.15) is 5.82 Å². The molecule has 116 valence electrons. The molecule has 3 N–H and O–H groups in total. The van der Waals surface area contributed by atoms with Gasteiger partial charge >= 0.3 is 6.03 Å². The Morgan fingerprint density at radius 2 is 1.77 bits per heavy atom. The van der Waals surface area contributed by atoms with Gasteiger partial charge in [0.25, 0.3) is 0 Å². The van der Waals surface area contributed by atoms with E-state index in [2.05, 4.69) is 10.6 Å². The van der Waals surface area contributed by atoms with Crippen LogP contribution in [-0.4, -0.2) is 17.7 Å². The van der Waals surface area contributed by atoms with Crippen LogP contribution in [0.3, 0.4) is 0 Å². The molecule has 0 aliphatic carbocycles. The number of aliphatic hydroxyl groups is 1.